The summed E-state index contributed by atoms with van der Waals surface area (Å²) in [6, 6.07) is 19.2. The molecule has 21 heavy (non-hydrogen) atoms. The van der Waals surface area contributed by atoms with Crippen molar-refractivity contribution in [2.45, 2.75) is 39.3 Å². The molecule has 0 aliphatic heterocycles. The van der Waals surface area contributed by atoms with E-state index >= 15 is 0 Å². The summed E-state index contributed by atoms with van der Waals surface area (Å²) >= 11 is 0. The highest BCUT2D eigenvalue weighted by atomic mass is 16.5. The fourth-order valence-corrected chi connectivity index (χ4v) is 2.17. The van der Waals surface area contributed by atoms with Crippen molar-refractivity contribution in [1.82, 2.24) is 5.32 Å². The molecule has 1 N–H and O–H groups in total. The van der Waals surface area contributed by atoms with Crippen molar-refractivity contribution in [3.63, 3.8) is 0 Å². The summed E-state index contributed by atoms with van der Waals surface area (Å²) in [5.74, 6) is 0.961. The second kappa shape index (κ2) is 8.48. The first kappa shape index (κ1) is 15.6. The van der Waals surface area contributed by atoms with Crippen molar-refractivity contribution in [3.8, 4) is 5.75 Å². The molecule has 0 heterocycles. The summed E-state index contributed by atoms with van der Waals surface area (Å²) in [7, 11) is 0. The lowest BCUT2D eigenvalue weighted by atomic mass is 10.1. The van der Waals surface area contributed by atoms with Gasteiger partial charge in [-0.15, -0.1) is 0 Å². The molecular weight excluding hydrogens is 258 g/mol. The monoisotopic (exact) mass is 283 g/mol. The minimum atomic E-state index is 0.353. The van der Waals surface area contributed by atoms with Gasteiger partial charge in [-0.3, -0.25) is 0 Å². The Hall–Kier alpha value is -1.80. The van der Waals surface area contributed by atoms with Crippen LogP contribution in [0, 0.1) is 0 Å². The van der Waals surface area contributed by atoms with Crippen molar-refractivity contribution >= 4 is 0 Å². The van der Waals surface area contributed by atoms with E-state index in [-0.39, 0.29) is 0 Å². The second-order valence-corrected chi connectivity index (χ2v) is 5.36. The van der Waals surface area contributed by atoms with Gasteiger partial charge in [0.05, 0.1) is 6.61 Å². The molecule has 0 unspecified atom stereocenters. The third kappa shape index (κ3) is 5.24. The van der Waals surface area contributed by atoms with E-state index in [1.807, 2.05) is 6.07 Å². The van der Waals surface area contributed by atoms with Gasteiger partial charge in [0.2, 0.25) is 0 Å². The molecule has 0 spiro atoms. The Morgan fingerprint density at radius 3 is 2.38 bits per heavy atom. The van der Waals surface area contributed by atoms with Crippen LogP contribution < -0.4 is 10.1 Å². The molecule has 0 fully saturated rings. The van der Waals surface area contributed by atoms with Gasteiger partial charge in [-0.2, -0.15) is 0 Å². The smallest absolute Gasteiger partial charge is 0.119 e. The van der Waals surface area contributed by atoms with E-state index in [0.717, 1.165) is 25.3 Å². The maximum Gasteiger partial charge on any atom is 0.119 e. The first-order valence-electron chi connectivity index (χ1n) is 7.79. The van der Waals surface area contributed by atoms with E-state index < -0.39 is 0 Å². The van der Waals surface area contributed by atoms with Crippen molar-refractivity contribution in [1.29, 1.82) is 0 Å². The molecule has 0 aromatic heterocycles. The zero-order valence-electron chi connectivity index (χ0n) is 13.0. The number of rotatable bonds is 8. The summed E-state index contributed by atoms with van der Waals surface area (Å²) in [5.41, 5.74) is 2.60. The molecule has 112 valence electrons. The lowest BCUT2D eigenvalue weighted by Crippen LogP contribution is -2.17. The van der Waals surface area contributed by atoms with E-state index in [1.165, 1.54) is 17.5 Å². The van der Waals surface area contributed by atoms with Gasteiger partial charge >= 0.3 is 0 Å². The number of hydrogen-bond donors (Lipinski definition) is 1. The van der Waals surface area contributed by atoms with Crippen LogP contribution in [0.1, 0.15) is 43.9 Å². The standard InChI is InChI=1S/C19H25NO/c1-3-4-14-21-19-12-10-17(11-13-19)15-20-16(2)18-8-6-5-7-9-18/h5-13,16,20H,3-4,14-15H2,1-2H3/t16-/m1/s1. The van der Waals surface area contributed by atoms with Gasteiger partial charge in [0.1, 0.15) is 5.75 Å². The largest absolute Gasteiger partial charge is 0.494 e. The molecule has 0 aliphatic carbocycles. The minimum Gasteiger partial charge on any atom is -0.494 e. The molecule has 1 atom stereocenters. The zero-order valence-corrected chi connectivity index (χ0v) is 13.0. The van der Waals surface area contributed by atoms with Crippen molar-refractivity contribution < 1.29 is 4.74 Å². The maximum atomic E-state index is 5.68. The number of unbranched alkanes of at least 4 members (excludes halogenated alkanes) is 1. The molecule has 0 radical (unpaired) electrons. The Labute approximate surface area is 128 Å². The maximum absolute atomic E-state index is 5.68. The SMILES string of the molecule is CCCCOc1ccc(CN[C@H](C)c2ccccc2)cc1. The number of nitrogens with one attached hydrogen (secondary N) is 1. The highest BCUT2D eigenvalue weighted by Gasteiger charge is 2.03. The third-order valence-electron chi connectivity index (χ3n) is 3.60. The van der Waals surface area contributed by atoms with Crippen LogP contribution in [0.5, 0.6) is 5.75 Å². The van der Waals surface area contributed by atoms with Gasteiger partial charge in [-0.05, 0) is 36.6 Å². The molecule has 0 bridgehead atoms. The van der Waals surface area contributed by atoms with E-state index in [4.69, 9.17) is 4.74 Å². The fraction of sp³-hybridized carbons (Fsp3) is 0.368. The molecule has 0 amide bonds. The summed E-state index contributed by atoms with van der Waals surface area (Å²) in [6.07, 6.45) is 2.28. The molecular formula is C19H25NO. The van der Waals surface area contributed by atoms with Crippen LogP contribution in [0.15, 0.2) is 54.6 Å². The topological polar surface area (TPSA) is 21.3 Å². The molecule has 0 saturated carbocycles. The first-order chi connectivity index (χ1) is 10.3. The fourth-order valence-electron chi connectivity index (χ4n) is 2.17. The summed E-state index contributed by atoms with van der Waals surface area (Å²) in [4.78, 5) is 0. The zero-order chi connectivity index (χ0) is 14.9. The van der Waals surface area contributed by atoms with E-state index in [9.17, 15) is 0 Å². The van der Waals surface area contributed by atoms with Gasteiger partial charge in [0, 0.05) is 12.6 Å². The van der Waals surface area contributed by atoms with E-state index in [0.29, 0.717) is 6.04 Å². The van der Waals surface area contributed by atoms with Crippen LogP contribution in [0.25, 0.3) is 0 Å². The normalized spacial score (nSPS) is 12.1. The minimum absolute atomic E-state index is 0.353. The first-order valence-corrected chi connectivity index (χ1v) is 7.79. The van der Waals surface area contributed by atoms with Gasteiger partial charge in [-0.1, -0.05) is 55.8 Å². The average molecular weight is 283 g/mol. The Morgan fingerprint density at radius 2 is 1.71 bits per heavy atom. The number of ether oxygens (including phenoxy) is 1. The predicted octanol–water partition coefficient (Wildman–Crippen LogP) is 4.72. The Kier molecular flexibility index (Phi) is 6.29. The summed E-state index contributed by atoms with van der Waals surface area (Å²) < 4.78 is 5.68. The van der Waals surface area contributed by atoms with Gasteiger partial charge < -0.3 is 10.1 Å². The van der Waals surface area contributed by atoms with Gasteiger partial charge in [0.15, 0.2) is 0 Å². The second-order valence-electron chi connectivity index (χ2n) is 5.36. The van der Waals surface area contributed by atoms with Crippen molar-refractivity contribution in [3.05, 3.63) is 65.7 Å². The molecule has 0 saturated heterocycles. The molecule has 2 aromatic rings. The molecule has 2 heteroatoms. The molecule has 2 aromatic carbocycles. The highest BCUT2D eigenvalue weighted by molar-refractivity contribution is 5.27. The summed E-state index contributed by atoms with van der Waals surface area (Å²) in [5, 5.41) is 3.55. The average Bonchev–Trinajstić information content (AvgIpc) is 2.55. The highest BCUT2D eigenvalue weighted by Crippen LogP contribution is 2.15. The lowest BCUT2D eigenvalue weighted by molar-refractivity contribution is 0.309. The van der Waals surface area contributed by atoms with E-state index in [1.54, 1.807) is 0 Å². The van der Waals surface area contributed by atoms with Crippen LogP contribution in [0.3, 0.4) is 0 Å². The number of benzene rings is 2. The van der Waals surface area contributed by atoms with Crippen LogP contribution in [0.2, 0.25) is 0 Å². The molecule has 2 rings (SSSR count). The molecule has 0 aliphatic rings. The van der Waals surface area contributed by atoms with Crippen molar-refractivity contribution in [2.75, 3.05) is 6.61 Å². The van der Waals surface area contributed by atoms with E-state index in [2.05, 4.69) is 67.7 Å². The van der Waals surface area contributed by atoms with Crippen LogP contribution in [-0.4, -0.2) is 6.61 Å². The third-order valence-corrected chi connectivity index (χ3v) is 3.60. The van der Waals surface area contributed by atoms with Crippen LogP contribution in [-0.2, 0) is 6.54 Å². The van der Waals surface area contributed by atoms with Gasteiger partial charge in [0.25, 0.3) is 0 Å². The molecule has 2 nitrogen and oxygen atoms in total. The van der Waals surface area contributed by atoms with Crippen LogP contribution >= 0.6 is 0 Å². The Morgan fingerprint density at radius 1 is 1.00 bits per heavy atom. The lowest BCUT2D eigenvalue weighted by Gasteiger charge is -2.14. The van der Waals surface area contributed by atoms with Gasteiger partial charge in [-0.25, -0.2) is 0 Å². The summed E-state index contributed by atoms with van der Waals surface area (Å²) in [6.45, 7) is 6.04. The Bertz CT molecular complexity index is 507. The van der Waals surface area contributed by atoms with Crippen LogP contribution in [0.4, 0.5) is 0 Å². The predicted molar refractivity (Wildman–Crippen MR) is 88.5 cm³/mol. The Balaban J connectivity index is 1.80. The van der Waals surface area contributed by atoms with Crippen molar-refractivity contribution in [2.24, 2.45) is 0 Å². The quantitative estimate of drug-likeness (QED) is 0.708. The number of hydrogen-bond acceptors (Lipinski definition) is 2.